The van der Waals surface area contributed by atoms with Gasteiger partial charge in [-0.2, -0.15) is 9.29 Å². The van der Waals surface area contributed by atoms with Gasteiger partial charge in [0.1, 0.15) is 10.0 Å². The molecule has 0 spiro atoms. The van der Waals surface area contributed by atoms with Gasteiger partial charge >= 0.3 is 0 Å². The van der Waals surface area contributed by atoms with Crippen LogP contribution in [0.15, 0.2) is 44.4 Å². The van der Waals surface area contributed by atoms with Crippen LogP contribution in [-0.4, -0.2) is 36.0 Å². The van der Waals surface area contributed by atoms with Crippen molar-refractivity contribution >= 4 is 21.4 Å². The van der Waals surface area contributed by atoms with E-state index in [1.807, 2.05) is 0 Å². The van der Waals surface area contributed by atoms with Crippen molar-refractivity contribution in [3.05, 3.63) is 41.5 Å². The highest BCUT2D eigenvalue weighted by atomic mass is 32.2. The second-order valence-corrected chi connectivity index (χ2v) is 8.78. The van der Waals surface area contributed by atoms with Crippen LogP contribution >= 0.6 is 11.3 Å². The Morgan fingerprint density at radius 3 is 2.72 bits per heavy atom. The van der Waals surface area contributed by atoms with Crippen molar-refractivity contribution in [2.75, 3.05) is 13.1 Å². The average Bonchev–Trinajstić information content (AvgIpc) is 3.34. The molecular formula is C16H14FN3O3S2. The Balaban J connectivity index is 1.63. The summed E-state index contributed by atoms with van der Waals surface area (Å²) in [4.78, 5) is 4.24. The minimum absolute atomic E-state index is 0.207. The van der Waals surface area contributed by atoms with Crippen LogP contribution in [0, 0.1) is 5.82 Å². The SMILES string of the molecule is O=S(=O)(c1cc(-c2nc(-c3cccc(F)c3)no2)cs1)N1CCCC1. The first kappa shape index (κ1) is 16.4. The third-order valence-corrected chi connectivity index (χ3v) is 7.30. The minimum atomic E-state index is -3.46. The number of rotatable bonds is 4. The van der Waals surface area contributed by atoms with Gasteiger partial charge < -0.3 is 4.52 Å². The first-order valence-corrected chi connectivity index (χ1v) is 10.0. The Bertz CT molecular complexity index is 1010. The largest absolute Gasteiger partial charge is 0.334 e. The summed E-state index contributed by atoms with van der Waals surface area (Å²) in [7, 11) is -3.46. The summed E-state index contributed by atoms with van der Waals surface area (Å²) in [6.07, 6.45) is 1.77. The van der Waals surface area contributed by atoms with Crippen LogP contribution in [0.3, 0.4) is 0 Å². The highest BCUT2D eigenvalue weighted by molar-refractivity contribution is 7.91. The quantitative estimate of drug-likeness (QED) is 0.694. The summed E-state index contributed by atoms with van der Waals surface area (Å²) in [6, 6.07) is 7.42. The van der Waals surface area contributed by atoms with Gasteiger partial charge in [-0.25, -0.2) is 12.8 Å². The number of nitrogens with zero attached hydrogens (tertiary/aromatic N) is 3. The number of sulfonamides is 1. The third kappa shape index (κ3) is 3.10. The predicted molar refractivity (Wildman–Crippen MR) is 91.0 cm³/mol. The summed E-state index contributed by atoms with van der Waals surface area (Å²) in [5.41, 5.74) is 1.04. The van der Waals surface area contributed by atoms with E-state index in [-0.39, 0.29) is 15.9 Å². The van der Waals surface area contributed by atoms with Crippen LogP contribution in [0.25, 0.3) is 22.8 Å². The first-order valence-electron chi connectivity index (χ1n) is 7.73. The van der Waals surface area contributed by atoms with Gasteiger partial charge in [-0.3, -0.25) is 0 Å². The summed E-state index contributed by atoms with van der Waals surface area (Å²) in [6.45, 7) is 1.11. The Morgan fingerprint density at radius 1 is 1.16 bits per heavy atom. The van der Waals surface area contributed by atoms with E-state index >= 15 is 0 Å². The molecular weight excluding hydrogens is 365 g/mol. The molecule has 0 unspecified atom stereocenters. The third-order valence-electron chi connectivity index (χ3n) is 3.99. The molecule has 0 atom stereocenters. The fraction of sp³-hybridized carbons (Fsp3) is 0.250. The monoisotopic (exact) mass is 379 g/mol. The van der Waals surface area contributed by atoms with Gasteiger partial charge in [0, 0.05) is 24.0 Å². The van der Waals surface area contributed by atoms with Crippen LogP contribution in [0.1, 0.15) is 12.8 Å². The molecule has 0 aliphatic carbocycles. The number of benzene rings is 1. The predicted octanol–water partition coefficient (Wildman–Crippen LogP) is 3.39. The van der Waals surface area contributed by atoms with Crippen LogP contribution in [0.5, 0.6) is 0 Å². The van der Waals surface area contributed by atoms with Crippen molar-refractivity contribution in [3.63, 3.8) is 0 Å². The molecule has 2 aromatic heterocycles. The Labute approximate surface area is 148 Å². The average molecular weight is 379 g/mol. The molecule has 3 heterocycles. The summed E-state index contributed by atoms with van der Waals surface area (Å²) in [5.74, 6) is 0.0707. The van der Waals surface area contributed by atoms with Gasteiger partial charge in [0.15, 0.2) is 0 Å². The summed E-state index contributed by atoms with van der Waals surface area (Å²) >= 11 is 1.13. The number of halogens is 1. The van der Waals surface area contributed by atoms with Crippen molar-refractivity contribution in [3.8, 4) is 22.8 Å². The first-order chi connectivity index (χ1) is 12.0. The van der Waals surface area contributed by atoms with Crippen LogP contribution in [-0.2, 0) is 10.0 Å². The zero-order chi connectivity index (χ0) is 17.4. The van der Waals surface area contributed by atoms with E-state index in [9.17, 15) is 12.8 Å². The number of hydrogen-bond donors (Lipinski definition) is 0. The Kier molecular flexibility index (Phi) is 4.14. The molecule has 0 radical (unpaired) electrons. The normalized spacial score (nSPS) is 15.7. The standard InChI is InChI=1S/C16H14FN3O3S2/c17-13-5-3-4-11(8-13)15-18-16(23-19-15)12-9-14(24-10-12)25(21,22)20-6-1-2-7-20/h3-5,8-10H,1-2,6-7H2. The van der Waals surface area contributed by atoms with Crippen molar-refractivity contribution in [1.29, 1.82) is 0 Å². The topological polar surface area (TPSA) is 76.3 Å². The van der Waals surface area contributed by atoms with Gasteiger partial charge in [0.25, 0.3) is 15.9 Å². The van der Waals surface area contributed by atoms with E-state index in [2.05, 4.69) is 10.1 Å². The molecule has 130 valence electrons. The molecule has 0 saturated carbocycles. The van der Waals surface area contributed by atoms with Gasteiger partial charge in [0.05, 0.1) is 5.56 Å². The van der Waals surface area contributed by atoms with Crippen LogP contribution in [0.2, 0.25) is 0 Å². The second-order valence-electron chi connectivity index (χ2n) is 5.70. The molecule has 0 N–H and O–H groups in total. The molecule has 0 amide bonds. The van der Waals surface area contributed by atoms with E-state index in [4.69, 9.17) is 4.52 Å². The number of hydrogen-bond acceptors (Lipinski definition) is 6. The van der Waals surface area contributed by atoms with E-state index in [0.717, 1.165) is 24.2 Å². The summed E-state index contributed by atoms with van der Waals surface area (Å²) in [5, 5.41) is 5.52. The lowest BCUT2D eigenvalue weighted by Gasteiger charge is -2.13. The maximum Gasteiger partial charge on any atom is 0.259 e. The lowest BCUT2D eigenvalue weighted by Crippen LogP contribution is -2.27. The molecule has 3 aromatic rings. The lowest BCUT2D eigenvalue weighted by atomic mass is 10.2. The molecule has 1 fully saturated rings. The molecule has 0 bridgehead atoms. The zero-order valence-corrected chi connectivity index (χ0v) is 14.7. The number of aromatic nitrogens is 2. The molecule has 25 heavy (non-hydrogen) atoms. The van der Waals surface area contributed by atoms with Crippen molar-refractivity contribution < 1.29 is 17.3 Å². The molecule has 1 aliphatic heterocycles. The van der Waals surface area contributed by atoms with Crippen LogP contribution in [0.4, 0.5) is 4.39 Å². The fourth-order valence-corrected chi connectivity index (χ4v) is 5.53. The Morgan fingerprint density at radius 2 is 1.96 bits per heavy atom. The fourth-order valence-electron chi connectivity index (χ4n) is 2.71. The number of thiophene rings is 1. The maximum atomic E-state index is 13.3. The highest BCUT2D eigenvalue weighted by Gasteiger charge is 2.29. The minimum Gasteiger partial charge on any atom is -0.334 e. The van der Waals surface area contributed by atoms with E-state index in [0.29, 0.717) is 24.2 Å². The van der Waals surface area contributed by atoms with E-state index < -0.39 is 15.8 Å². The summed E-state index contributed by atoms with van der Waals surface area (Å²) < 4.78 is 45.4. The molecule has 9 heteroatoms. The second kappa shape index (κ2) is 6.32. The van der Waals surface area contributed by atoms with Crippen LogP contribution < -0.4 is 0 Å². The zero-order valence-electron chi connectivity index (χ0n) is 13.1. The van der Waals surface area contributed by atoms with Crippen molar-refractivity contribution in [2.24, 2.45) is 0 Å². The highest BCUT2D eigenvalue weighted by Crippen LogP contribution is 2.31. The van der Waals surface area contributed by atoms with Crippen molar-refractivity contribution in [2.45, 2.75) is 17.1 Å². The Hall–Kier alpha value is -2.10. The molecule has 1 aliphatic rings. The maximum absolute atomic E-state index is 13.3. The van der Waals surface area contributed by atoms with Crippen molar-refractivity contribution in [1.82, 2.24) is 14.4 Å². The molecule has 1 saturated heterocycles. The van der Waals surface area contributed by atoms with E-state index in [1.54, 1.807) is 23.6 Å². The van der Waals surface area contributed by atoms with Gasteiger partial charge in [0.2, 0.25) is 5.82 Å². The molecule has 6 nitrogen and oxygen atoms in total. The molecule has 4 rings (SSSR count). The lowest BCUT2D eigenvalue weighted by molar-refractivity contribution is 0.432. The van der Waals surface area contributed by atoms with Gasteiger partial charge in [-0.1, -0.05) is 17.3 Å². The smallest absolute Gasteiger partial charge is 0.259 e. The van der Waals surface area contributed by atoms with Gasteiger partial charge in [-0.15, -0.1) is 11.3 Å². The van der Waals surface area contributed by atoms with E-state index in [1.165, 1.54) is 16.4 Å². The van der Waals surface area contributed by atoms with Gasteiger partial charge in [-0.05, 0) is 31.0 Å². The molecule has 1 aromatic carbocycles.